The van der Waals surface area contributed by atoms with E-state index < -0.39 is 5.97 Å². The molecular weight excluding hydrogens is 218 g/mol. The summed E-state index contributed by atoms with van der Waals surface area (Å²) in [6, 6.07) is 1.58. The van der Waals surface area contributed by atoms with E-state index in [-0.39, 0.29) is 5.69 Å². The Morgan fingerprint density at radius 3 is 2.65 bits per heavy atom. The fraction of sp³-hybridized carbons (Fsp3) is 0.583. The summed E-state index contributed by atoms with van der Waals surface area (Å²) in [4.78, 5) is 21.6. The van der Waals surface area contributed by atoms with Crippen molar-refractivity contribution in [2.75, 3.05) is 18.0 Å². The molecule has 17 heavy (non-hydrogen) atoms. The van der Waals surface area contributed by atoms with Gasteiger partial charge in [-0.2, -0.15) is 0 Å². The number of aromatic nitrogens is 2. The third-order valence-corrected chi connectivity index (χ3v) is 2.97. The standard InChI is InChI=1S/C12H17N3O2/c1-2-10-13-9(12(16)17)8-11(14-10)15-6-4-3-5-7-15/h8H,2-7H2,1H3,(H,16,17). The Morgan fingerprint density at radius 2 is 2.06 bits per heavy atom. The first-order valence-electron chi connectivity index (χ1n) is 6.07. The van der Waals surface area contributed by atoms with Crippen molar-refractivity contribution in [3.8, 4) is 0 Å². The molecule has 1 aliphatic heterocycles. The zero-order valence-electron chi connectivity index (χ0n) is 10.0. The van der Waals surface area contributed by atoms with Gasteiger partial charge in [0.05, 0.1) is 0 Å². The van der Waals surface area contributed by atoms with Gasteiger partial charge in [-0.05, 0) is 19.3 Å². The molecule has 0 atom stereocenters. The van der Waals surface area contributed by atoms with Gasteiger partial charge in [0.15, 0.2) is 5.69 Å². The molecule has 1 N–H and O–H groups in total. The summed E-state index contributed by atoms with van der Waals surface area (Å²) < 4.78 is 0. The van der Waals surface area contributed by atoms with Crippen molar-refractivity contribution in [1.82, 2.24) is 9.97 Å². The zero-order valence-corrected chi connectivity index (χ0v) is 10.0. The third kappa shape index (κ3) is 2.72. The van der Waals surface area contributed by atoms with Crippen LogP contribution < -0.4 is 4.90 Å². The van der Waals surface area contributed by atoms with Gasteiger partial charge < -0.3 is 10.0 Å². The predicted molar refractivity (Wildman–Crippen MR) is 64.4 cm³/mol. The lowest BCUT2D eigenvalue weighted by Crippen LogP contribution is -2.30. The van der Waals surface area contributed by atoms with Crippen LogP contribution in [0.4, 0.5) is 5.82 Å². The molecule has 1 saturated heterocycles. The van der Waals surface area contributed by atoms with Crippen LogP contribution in [0.15, 0.2) is 6.07 Å². The van der Waals surface area contributed by atoms with E-state index in [1.165, 1.54) is 6.42 Å². The monoisotopic (exact) mass is 235 g/mol. The highest BCUT2D eigenvalue weighted by Crippen LogP contribution is 2.18. The predicted octanol–water partition coefficient (Wildman–Crippen LogP) is 1.73. The van der Waals surface area contributed by atoms with Gasteiger partial charge in [0, 0.05) is 25.6 Å². The van der Waals surface area contributed by atoms with E-state index in [4.69, 9.17) is 5.11 Å². The van der Waals surface area contributed by atoms with Gasteiger partial charge in [0.1, 0.15) is 11.6 Å². The van der Waals surface area contributed by atoms with Gasteiger partial charge in [0.25, 0.3) is 0 Å². The van der Waals surface area contributed by atoms with Gasteiger partial charge in [-0.15, -0.1) is 0 Å². The average molecular weight is 235 g/mol. The number of nitrogens with zero attached hydrogens (tertiary/aromatic N) is 3. The number of rotatable bonds is 3. The number of carboxylic acids is 1. The zero-order chi connectivity index (χ0) is 12.3. The minimum absolute atomic E-state index is 0.0948. The average Bonchev–Trinajstić information content (AvgIpc) is 2.39. The van der Waals surface area contributed by atoms with Crippen LogP contribution in [0.25, 0.3) is 0 Å². The van der Waals surface area contributed by atoms with E-state index in [0.717, 1.165) is 31.7 Å². The number of aromatic carboxylic acids is 1. The molecule has 92 valence electrons. The smallest absolute Gasteiger partial charge is 0.354 e. The molecule has 1 aromatic heterocycles. The number of anilines is 1. The van der Waals surface area contributed by atoms with Gasteiger partial charge in [-0.1, -0.05) is 6.92 Å². The van der Waals surface area contributed by atoms with Crippen molar-refractivity contribution in [2.45, 2.75) is 32.6 Å². The Kier molecular flexibility index (Phi) is 3.56. The molecule has 2 rings (SSSR count). The highest BCUT2D eigenvalue weighted by atomic mass is 16.4. The van der Waals surface area contributed by atoms with E-state index in [2.05, 4.69) is 14.9 Å². The Hall–Kier alpha value is -1.65. The van der Waals surface area contributed by atoms with Gasteiger partial charge >= 0.3 is 5.97 Å². The lowest BCUT2D eigenvalue weighted by Gasteiger charge is -2.28. The van der Waals surface area contributed by atoms with Gasteiger partial charge in [0.2, 0.25) is 0 Å². The van der Waals surface area contributed by atoms with Crippen LogP contribution in [0, 0.1) is 0 Å². The van der Waals surface area contributed by atoms with Crippen molar-refractivity contribution in [1.29, 1.82) is 0 Å². The molecule has 0 unspecified atom stereocenters. The van der Waals surface area contributed by atoms with Crippen molar-refractivity contribution < 1.29 is 9.90 Å². The van der Waals surface area contributed by atoms with Crippen molar-refractivity contribution in [2.24, 2.45) is 0 Å². The molecule has 1 aromatic rings. The van der Waals surface area contributed by atoms with Crippen LogP contribution >= 0.6 is 0 Å². The van der Waals surface area contributed by atoms with Gasteiger partial charge in [-0.3, -0.25) is 0 Å². The first-order chi connectivity index (χ1) is 8.20. The fourth-order valence-corrected chi connectivity index (χ4v) is 2.04. The molecule has 0 aromatic carbocycles. The van der Waals surface area contributed by atoms with Crippen molar-refractivity contribution >= 4 is 11.8 Å². The largest absolute Gasteiger partial charge is 0.477 e. The Balaban J connectivity index is 2.31. The first-order valence-corrected chi connectivity index (χ1v) is 6.07. The molecule has 2 heterocycles. The highest BCUT2D eigenvalue weighted by molar-refractivity contribution is 5.86. The normalized spacial score (nSPS) is 15.9. The van der Waals surface area contributed by atoms with Crippen LogP contribution in [0.1, 0.15) is 42.5 Å². The molecule has 0 saturated carbocycles. The summed E-state index contributed by atoms with van der Waals surface area (Å²) in [6.07, 6.45) is 4.19. The molecule has 0 radical (unpaired) electrons. The van der Waals surface area contributed by atoms with Crippen molar-refractivity contribution in [3.63, 3.8) is 0 Å². The lowest BCUT2D eigenvalue weighted by atomic mass is 10.1. The van der Waals surface area contributed by atoms with E-state index >= 15 is 0 Å². The molecular formula is C12H17N3O2. The first kappa shape index (κ1) is 11.8. The van der Waals surface area contributed by atoms with E-state index in [0.29, 0.717) is 12.2 Å². The topological polar surface area (TPSA) is 66.3 Å². The minimum Gasteiger partial charge on any atom is -0.477 e. The van der Waals surface area contributed by atoms with Gasteiger partial charge in [-0.25, -0.2) is 14.8 Å². The second kappa shape index (κ2) is 5.12. The molecule has 1 fully saturated rings. The summed E-state index contributed by atoms with van der Waals surface area (Å²) in [6.45, 7) is 3.85. The number of hydrogen-bond acceptors (Lipinski definition) is 4. The van der Waals surface area contributed by atoms with Crippen LogP contribution in [-0.2, 0) is 6.42 Å². The summed E-state index contributed by atoms with van der Waals surface area (Å²) in [5, 5.41) is 9.02. The molecule has 5 heteroatoms. The maximum Gasteiger partial charge on any atom is 0.354 e. The molecule has 0 bridgehead atoms. The second-order valence-electron chi connectivity index (χ2n) is 4.23. The number of carboxylic acid groups (broad SMARTS) is 1. The fourth-order valence-electron chi connectivity index (χ4n) is 2.04. The van der Waals surface area contributed by atoms with Crippen LogP contribution in [0.3, 0.4) is 0 Å². The number of hydrogen-bond donors (Lipinski definition) is 1. The highest BCUT2D eigenvalue weighted by Gasteiger charge is 2.16. The van der Waals surface area contributed by atoms with E-state index in [9.17, 15) is 4.79 Å². The van der Waals surface area contributed by atoms with Crippen LogP contribution in [-0.4, -0.2) is 34.1 Å². The summed E-state index contributed by atoms with van der Waals surface area (Å²) >= 11 is 0. The summed E-state index contributed by atoms with van der Waals surface area (Å²) in [7, 11) is 0. The van der Waals surface area contributed by atoms with E-state index in [1.54, 1.807) is 6.07 Å². The molecule has 5 nitrogen and oxygen atoms in total. The summed E-state index contributed by atoms with van der Waals surface area (Å²) in [5.41, 5.74) is 0.0948. The lowest BCUT2D eigenvalue weighted by molar-refractivity contribution is 0.0690. The second-order valence-corrected chi connectivity index (χ2v) is 4.23. The molecule has 0 aliphatic carbocycles. The minimum atomic E-state index is -0.986. The third-order valence-electron chi connectivity index (χ3n) is 2.97. The van der Waals surface area contributed by atoms with E-state index in [1.807, 2.05) is 6.92 Å². The van der Waals surface area contributed by atoms with Crippen LogP contribution in [0.2, 0.25) is 0 Å². The molecule has 0 amide bonds. The number of aryl methyl sites for hydroxylation is 1. The van der Waals surface area contributed by atoms with Crippen molar-refractivity contribution in [3.05, 3.63) is 17.6 Å². The molecule has 0 spiro atoms. The number of carbonyl (C=O) groups is 1. The Bertz CT molecular complexity index is 414. The molecule has 1 aliphatic rings. The van der Waals surface area contributed by atoms with Crippen LogP contribution in [0.5, 0.6) is 0 Å². The SMILES string of the molecule is CCc1nc(C(=O)O)cc(N2CCCCC2)n1. The number of piperidine rings is 1. The maximum absolute atomic E-state index is 11.0. The summed E-state index contributed by atoms with van der Waals surface area (Å²) in [5.74, 6) is 0.375. The Labute approximate surface area is 100 Å². The quantitative estimate of drug-likeness (QED) is 0.864. The maximum atomic E-state index is 11.0. The Morgan fingerprint density at radius 1 is 1.35 bits per heavy atom.